The minimum absolute atomic E-state index is 0.0741. The van der Waals surface area contributed by atoms with Crippen LogP contribution >= 0.6 is 11.8 Å². The normalized spacial score (nSPS) is 11.9. The van der Waals surface area contributed by atoms with Gasteiger partial charge in [-0.1, -0.05) is 47.2 Å². The summed E-state index contributed by atoms with van der Waals surface area (Å²) in [6.07, 6.45) is -0.249. The van der Waals surface area contributed by atoms with Gasteiger partial charge in [-0.15, -0.1) is 10.2 Å². The Labute approximate surface area is 175 Å². The van der Waals surface area contributed by atoms with E-state index in [1.54, 1.807) is 0 Å². The first-order chi connectivity index (χ1) is 14.0. The fraction of sp³-hybridized carbons (Fsp3) is 0.318. The molecule has 0 fully saturated rings. The zero-order chi connectivity index (χ0) is 20.8. The molecule has 1 amide bonds. The molecule has 1 aromatic heterocycles. The van der Waals surface area contributed by atoms with Crippen molar-refractivity contribution in [2.24, 2.45) is 0 Å². The Bertz CT molecular complexity index is 952. The van der Waals surface area contributed by atoms with Crippen molar-refractivity contribution in [3.63, 3.8) is 0 Å². The van der Waals surface area contributed by atoms with E-state index < -0.39 is 0 Å². The van der Waals surface area contributed by atoms with Crippen LogP contribution < -0.4 is 10.1 Å². The van der Waals surface area contributed by atoms with Crippen molar-refractivity contribution in [2.75, 3.05) is 11.1 Å². The van der Waals surface area contributed by atoms with Crippen LogP contribution in [0, 0.1) is 13.8 Å². The van der Waals surface area contributed by atoms with E-state index in [0.717, 1.165) is 22.8 Å². The molecule has 0 saturated heterocycles. The molecular formula is C22H26N4O2S. The lowest BCUT2D eigenvalue weighted by Gasteiger charge is -2.15. The maximum atomic E-state index is 12.3. The van der Waals surface area contributed by atoms with Crippen LogP contribution in [0.5, 0.6) is 5.75 Å². The van der Waals surface area contributed by atoms with Crippen molar-refractivity contribution < 1.29 is 9.53 Å². The van der Waals surface area contributed by atoms with Crippen LogP contribution in [0.15, 0.2) is 53.7 Å². The van der Waals surface area contributed by atoms with Gasteiger partial charge in [0, 0.05) is 12.2 Å². The number of aromatic nitrogens is 3. The average molecular weight is 411 g/mol. The number of carbonyl (C=O) groups is 1. The van der Waals surface area contributed by atoms with Crippen molar-refractivity contribution >= 4 is 23.4 Å². The van der Waals surface area contributed by atoms with E-state index in [9.17, 15) is 4.79 Å². The molecule has 0 aliphatic heterocycles. The summed E-state index contributed by atoms with van der Waals surface area (Å²) in [5.41, 5.74) is 3.13. The topological polar surface area (TPSA) is 69.0 Å². The Morgan fingerprint density at radius 3 is 2.31 bits per heavy atom. The molecule has 0 radical (unpaired) electrons. The molecule has 1 unspecified atom stereocenters. The minimum Gasteiger partial charge on any atom is -0.483 e. The molecule has 0 spiro atoms. The van der Waals surface area contributed by atoms with Crippen molar-refractivity contribution in [3.05, 3.63) is 65.5 Å². The fourth-order valence-electron chi connectivity index (χ4n) is 2.84. The molecule has 29 heavy (non-hydrogen) atoms. The summed E-state index contributed by atoms with van der Waals surface area (Å²) >= 11 is 1.37. The summed E-state index contributed by atoms with van der Waals surface area (Å²) < 4.78 is 8.00. The molecule has 6 nitrogen and oxygen atoms in total. The van der Waals surface area contributed by atoms with E-state index in [4.69, 9.17) is 4.74 Å². The molecule has 1 atom stereocenters. The van der Waals surface area contributed by atoms with E-state index in [1.165, 1.54) is 17.3 Å². The number of carbonyl (C=O) groups excluding carboxylic acids is 1. The summed E-state index contributed by atoms with van der Waals surface area (Å²) in [5.74, 6) is 1.73. The first kappa shape index (κ1) is 20.9. The minimum atomic E-state index is -0.249. The molecule has 0 aliphatic rings. The summed E-state index contributed by atoms with van der Waals surface area (Å²) in [6, 6.07) is 15.7. The van der Waals surface area contributed by atoms with Gasteiger partial charge in [0.15, 0.2) is 17.1 Å². The molecule has 0 saturated carbocycles. The number of nitrogens with one attached hydrogen (secondary N) is 1. The second-order valence-corrected chi connectivity index (χ2v) is 7.80. The fourth-order valence-corrected chi connectivity index (χ4v) is 3.65. The van der Waals surface area contributed by atoms with Crippen molar-refractivity contribution in [1.29, 1.82) is 0 Å². The van der Waals surface area contributed by atoms with Crippen LogP contribution in [0.3, 0.4) is 0 Å². The number of anilines is 1. The number of ether oxygens (including phenoxy) is 1. The zero-order valence-electron chi connectivity index (χ0n) is 17.2. The number of thioether (sulfide) groups is 1. The number of hydrogen-bond donors (Lipinski definition) is 1. The van der Waals surface area contributed by atoms with E-state index in [0.29, 0.717) is 11.7 Å². The number of nitrogens with zero attached hydrogens (tertiary/aromatic N) is 3. The maximum absolute atomic E-state index is 12.3. The SMILES string of the molecule is CCn1c(SCC(=O)Nc2ccc(C)cc2)nnc1C(C)Oc1ccc(C)cc1. The summed E-state index contributed by atoms with van der Waals surface area (Å²) in [7, 11) is 0. The number of rotatable bonds is 8. The summed E-state index contributed by atoms with van der Waals surface area (Å²) in [6.45, 7) is 8.74. The molecule has 0 aliphatic carbocycles. The molecule has 1 N–H and O–H groups in total. The lowest BCUT2D eigenvalue weighted by Crippen LogP contribution is -2.15. The van der Waals surface area contributed by atoms with E-state index in [-0.39, 0.29) is 17.8 Å². The van der Waals surface area contributed by atoms with Gasteiger partial charge in [0.25, 0.3) is 0 Å². The first-order valence-electron chi connectivity index (χ1n) is 9.62. The van der Waals surface area contributed by atoms with E-state index in [1.807, 2.05) is 80.8 Å². The van der Waals surface area contributed by atoms with Gasteiger partial charge in [0.05, 0.1) is 5.75 Å². The van der Waals surface area contributed by atoms with Crippen LogP contribution in [-0.2, 0) is 11.3 Å². The Morgan fingerprint density at radius 1 is 1.07 bits per heavy atom. The predicted molar refractivity (Wildman–Crippen MR) is 116 cm³/mol. The highest BCUT2D eigenvalue weighted by atomic mass is 32.2. The third kappa shape index (κ3) is 5.60. The quantitative estimate of drug-likeness (QED) is 0.541. The van der Waals surface area contributed by atoms with E-state index >= 15 is 0 Å². The lowest BCUT2D eigenvalue weighted by molar-refractivity contribution is -0.113. The van der Waals surface area contributed by atoms with Gasteiger partial charge in [-0.25, -0.2) is 0 Å². The number of hydrogen-bond acceptors (Lipinski definition) is 5. The Kier molecular flexibility index (Phi) is 6.93. The molecular weight excluding hydrogens is 384 g/mol. The molecule has 2 aromatic carbocycles. The predicted octanol–water partition coefficient (Wildman–Crippen LogP) is 4.79. The Balaban J connectivity index is 1.61. The monoisotopic (exact) mass is 410 g/mol. The van der Waals surface area contributed by atoms with E-state index in [2.05, 4.69) is 15.5 Å². The van der Waals surface area contributed by atoms with Gasteiger partial charge in [0.1, 0.15) is 5.75 Å². The van der Waals surface area contributed by atoms with Crippen molar-refractivity contribution in [2.45, 2.75) is 45.5 Å². The number of aryl methyl sites for hydroxylation is 2. The second kappa shape index (κ2) is 9.60. The molecule has 3 aromatic rings. The third-order valence-electron chi connectivity index (χ3n) is 4.43. The number of amides is 1. The second-order valence-electron chi connectivity index (χ2n) is 6.86. The van der Waals surface area contributed by atoms with Gasteiger partial charge in [0.2, 0.25) is 5.91 Å². The largest absolute Gasteiger partial charge is 0.483 e. The zero-order valence-corrected chi connectivity index (χ0v) is 18.0. The summed E-state index contributed by atoms with van der Waals surface area (Å²) in [4.78, 5) is 12.3. The standard InChI is InChI=1S/C22H26N4O2S/c1-5-26-21(17(4)28-19-12-8-16(3)9-13-19)24-25-22(26)29-14-20(27)23-18-10-6-15(2)7-11-18/h6-13,17H,5,14H2,1-4H3,(H,23,27). The average Bonchev–Trinajstić information content (AvgIpc) is 3.13. The highest BCUT2D eigenvalue weighted by Gasteiger charge is 2.19. The smallest absolute Gasteiger partial charge is 0.234 e. The van der Waals surface area contributed by atoms with Crippen LogP contribution in [0.1, 0.15) is 36.9 Å². The Hall–Kier alpha value is -2.80. The van der Waals surface area contributed by atoms with Crippen LogP contribution in [0.25, 0.3) is 0 Å². The molecule has 0 bridgehead atoms. The molecule has 7 heteroatoms. The first-order valence-corrected chi connectivity index (χ1v) is 10.6. The van der Waals surface area contributed by atoms with Crippen molar-refractivity contribution in [3.8, 4) is 5.75 Å². The van der Waals surface area contributed by atoms with Crippen LogP contribution in [0.4, 0.5) is 5.69 Å². The van der Waals surface area contributed by atoms with Crippen molar-refractivity contribution in [1.82, 2.24) is 14.8 Å². The molecule has 3 rings (SSSR count). The van der Waals surface area contributed by atoms with Gasteiger partial charge >= 0.3 is 0 Å². The molecule has 152 valence electrons. The summed E-state index contributed by atoms with van der Waals surface area (Å²) in [5, 5.41) is 12.2. The molecule has 1 heterocycles. The maximum Gasteiger partial charge on any atom is 0.234 e. The lowest BCUT2D eigenvalue weighted by atomic mass is 10.2. The van der Waals surface area contributed by atoms with Crippen LogP contribution in [-0.4, -0.2) is 26.4 Å². The van der Waals surface area contributed by atoms with Gasteiger partial charge in [-0.05, 0) is 52.0 Å². The third-order valence-corrected chi connectivity index (χ3v) is 5.39. The number of benzene rings is 2. The van der Waals surface area contributed by atoms with Gasteiger partial charge < -0.3 is 14.6 Å². The highest BCUT2D eigenvalue weighted by Crippen LogP contribution is 2.25. The highest BCUT2D eigenvalue weighted by molar-refractivity contribution is 7.99. The Morgan fingerprint density at radius 2 is 1.69 bits per heavy atom. The van der Waals surface area contributed by atoms with Gasteiger partial charge in [-0.2, -0.15) is 0 Å². The van der Waals surface area contributed by atoms with Crippen LogP contribution in [0.2, 0.25) is 0 Å². The van der Waals surface area contributed by atoms with Gasteiger partial charge in [-0.3, -0.25) is 4.79 Å².